The monoisotopic (exact) mass is 320 g/mol. The Morgan fingerprint density at radius 1 is 0.737 bits per heavy atom. The van der Waals surface area contributed by atoms with Crippen molar-refractivity contribution in [3.8, 4) is 0 Å². The Bertz CT molecular complexity index is 610. The lowest BCUT2D eigenvalue weighted by Gasteiger charge is -2.16. The highest BCUT2D eigenvalue weighted by Gasteiger charge is 2.70. The van der Waals surface area contributed by atoms with Crippen molar-refractivity contribution < 1.29 is 8.78 Å². The molecule has 0 aromatic heterocycles. The molecule has 0 N–H and O–H groups in total. The van der Waals surface area contributed by atoms with Crippen LogP contribution >= 0.6 is 15.9 Å². The summed E-state index contributed by atoms with van der Waals surface area (Å²) >= 11 is 3.68. The molecule has 96 valence electrons. The molecule has 19 heavy (non-hydrogen) atoms. The number of hydrogen-bond acceptors (Lipinski definition) is 0. The zero-order chi connectivity index (χ0) is 13.2. The molecule has 2 aliphatic carbocycles. The van der Waals surface area contributed by atoms with Crippen molar-refractivity contribution in [1.82, 2.24) is 0 Å². The highest BCUT2D eigenvalue weighted by Crippen LogP contribution is 2.70. The lowest BCUT2D eigenvalue weighted by atomic mass is 9.97. The van der Waals surface area contributed by atoms with Crippen molar-refractivity contribution in [2.45, 2.75) is 22.6 Å². The maximum atomic E-state index is 14.2. The third-order valence-corrected chi connectivity index (χ3v) is 5.25. The van der Waals surface area contributed by atoms with E-state index in [9.17, 15) is 8.78 Å². The standard InChI is InChI=1S/C16H11BrF2/c17-15-11-7-3-1-5-9(11)13-14(16(13,18)19)10-6-2-4-8-12(10)15/h1-8,13-15H/t13-,14?,15?/m0/s1. The molecule has 1 saturated carbocycles. The number of hydrogen-bond donors (Lipinski definition) is 0. The third-order valence-electron chi connectivity index (χ3n) is 4.26. The Labute approximate surface area is 118 Å². The van der Waals surface area contributed by atoms with E-state index in [0.29, 0.717) is 0 Å². The summed E-state index contributed by atoms with van der Waals surface area (Å²) in [4.78, 5) is 0.00324. The van der Waals surface area contributed by atoms with E-state index >= 15 is 0 Å². The quantitative estimate of drug-likeness (QED) is 0.599. The highest BCUT2D eigenvalue weighted by atomic mass is 79.9. The van der Waals surface area contributed by atoms with Crippen LogP contribution in [0.5, 0.6) is 0 Å². The lowest BCUT2D eigenvalue weighted by molar-refractivity contribution is 0.104. The number of benzene rings is 2. The largest absolute Gasteiger partial charge is 0.263 e. The van der Waals surface area contributed by atoms with E-state index < -0.39 is 17.8 Å². The molecule has 2 aromatic rings. The summed E-state index contributed by atoms with van der Waals surface area (Å²) in [5.41, 5.74) is 3.52. The molecule has 0 radical (unpaired) electrons. The van der Waals surface area contributed by atoms with Crippen LogP contribution in [0.4, 0.5) is 8.78 Å². The first-order chi connectivity index (χ1) is 9.12. The van der Waals surface area contributed by atoms with Crippen LogP contribution in [0.3, 0.4) is 0 Å². The smallest absolute Gasteiger partial charge is 0.205 e. The molecule has 0 aliphatic heterocycles. The predicted molar refractivity (Wildman–Crippen MR) is 74.1 cm³/mol. The summed E-state index contributed by atoms with van der Waals surface area (Å²) in [6.07, 6.45) is 0. The Hall–Kier alpha value is -1.22. The molecule has 0 heterocycles. The minimum absolute atomic E-state index is 0.00324. The number of fused-ring (bicyclic) bond motifs is 5. The van der Waals surface area contributed by atoms with Crippen LogP contribution in [0.2, 0.25) is 0 Å². The first-order valence-corrected chi connectivity index (χ1v) is 7.23. The fourth-order valence-corrected chi connectivity index (χ4v) is 4.15. The van der Waals surface area contributed by atoms with Crippen LogP contribution in [0.1, 0.15) is 38.9 Å². The van der Waals surface area contributed by atoms with Gasteiger partial charge in [0.2, 0.25) is 0 Å². The van der Waals surface area contributed by atoms with Gasteiger partial charge in [-0.2, -0.15) is 0 Å². The van der Waals surface area contributed by atoms with Gasteiger partial charge in [-0.05, 0) is 22.3 Å². The molecule has 1 fully saturated rings. The highest BCUT2D eigenvalue weighted by molar-refractivity contribution is 9.09. The number of alkyl halides is 3. The van der Waals surface area contributed by atoms with Gasteiger partial charge in [-0.1, -0.05) is 64.5 Å². The molecular formula is C16H11BrF2. The minimum Gasteiger partial charge on any atom is -0.205 e. The molecule has 0 nitrogen and oxygen atoms in total. The van der Waals surface area contributed by atoms with Crippen molar-refractivity contribution in [2.24, 2.45) is 0 Å². The van der Waals surface area contributed by atoms with Gasteiger partial charge in [0.1, 0.15) is 0 Å². The van der Waals surface area contributed by atoms with Crippen LogP contribution in [-0.2, 0) is 0 Å². The fourth-order valence-electron chi connectivity index (χ4n) is 3.32. The van der Waals surface area contributed by atoms with Gasteiger partial charge in [-0.15, -0.1) is 0 Å². The molecule has 4 rings (SSSR count). The first kappa shape index (κ1) is 11.6. The summed E-state index contributed by atoms with van der Waals surface area (Å²) in [5, 5.41) is 0. The Morgan fingerprint density at radius 3 is 1.53 bits per heavy atom. The van der Waals surface area contributed by atoms with Gasteiger partial charge in [0.25, 0.3) is 5.92 Å². The molecule has 0 amide bonds. The van der Waals surface area contributed by atoms with E-state index in [0.717, 1.165) is 22.3 Å². The normalized spacial score (nSPS) is 29.7. The summed E-state index contributed by atoms with van der Waals surface area (Å²) in [6, 6.07) is 15.1. The molecule has 0 spiro atoms. The van der Waals surface area contributed by atoms with Gasteiger partial charge >= 0.3 is 0 Å². The SMILES string of the molecule is FC1(F)C2c3ccccc3C(Br)c3ccccc3[C@@H]21. The average Bonchev–Trinajstić information content (AvgIpc) is 3.02. The second-order valence-electron chi connectivity index (χ2n) is 5.25. The van der Waals surface area contributed by atoms with Crippen molar-refractivity contribution in [3.05, 3.63) is 70.8 Å². The molecule has 0 bridgehead atoms. The summed E-state index contributed by atoms with van der Waals surface area (Å²) in [7, 11) is 0. The summed E-state index contributed by atoms with van der Waals surface area (Å²) < 4.78 is 28.3. The van der Waals surface area contributed by atoms with Crippen molar-refractivity contribution >= 4 is 15.9 Å². The van der Waals surface area contributed by atoms with E-state index in [4.69, 9.17) is 0 Å². The van der Waals surface area contributed by atoms with Crippen LogP contribution in [0.15, 0.2) is 48.5 Å². The van der Waals surface area contributed by atoms with Gasteiger partial charge in [0, 0.05) is 0 Å². The predicted octanol–water partition coefficient (Wildman–Crippen LogP) is 5.00. The Kier molecular flexibility index (Phi) is 2.23. The second kappa shape index (κ2) is 3.66. The number of halogens is 3. The zero-order valence-corrected chi connectivity index (χ0v) is 11.6. The van der Waals surface area contributed by atoms with E-state index in [1.54, 1.807) is 0 Å². The Balaban J connectivity index is 2.02. The van der Waals surface area contributed by atoms with Gasteiger partial charge in [-0.25, -0.2) is 8.78 Å². The average molecular weight is 321 g/mol. The lowest BCUT2D eigenvalue weighted by Crippen LogP contribution is -2.04. The zero-order valence-electron chi connectivity index (χ0n) is 9.98. The summed E-state index contributed by atoms with van der Waals surface area (Å²) in [5.74, 6) is -3.93. The summed E-state index contributed by atoms with van der Waals surface area (Å²) in [6.45, 7) is 0. The van der Waals surface area contributed by atoms with Crippen LogP contribution in [-0.4, -0.2) is 5.92 Å². The Morgan fingerprint density at radius 2 is 1.11 bits per heavy atom. The van der Waals surface area contributed by atoms with Gasteiger partial charge in [0.15, 0.2) is 0 Å². The van der Waals surface area contributed by atoms with E-state index in [1.165, 1.54) is 0 Å². The molecule has 2 aromatic carbocycles. The second-order valence-corrected chi connectivity index (χ2v) is 6.17. The fraction of sp³-hybridized carbons (Fsp3) is 0.250. The molecule has 0 saturated heterocycles. The molecular weight excluding hydrogens is 310 g/mol. The van der Waals surface area contributed by atoms with E-state index in [2.05, 4.69) is 15.9 Å². The van der Waals surface area contributed by atoms with E-state index in [1.807, 2.05) is 48.5 Å². The van der Waals surface area contributed by atoms with Crippen LogP contribution in [0, 0.1) is 0 Å². The third kappa shape index (κ3) is 1.42. The van der Waals surface area contributed by atoms with Crippen LogP contribution in [0.25, 0.3) is 0 Å². The minimum atomic E-state index is -2.61. The molecule has 3 atom stereocenters. The molecule has 2 aliphatic rings. The van der Waals surface area contributed by atoms with Crippen LogP contribution < -0.4 is 0 Å². The molecule has 2 unspecified atom stereocenters. The van der Waals surface area contributed by atoms with Gasteiger partial charge in [0.05, 0.1) is 16.7 Å². The number of rotatable bonds is 0. The first-order valence-electron chi connectivity index (χ1n) is 6.32. The van der Waals surface area contributed by atoms with Gasteiger partial charge < -0.3 is 0 Å². The van der Waals surface area contributed by atoms with Crippen molar-refractivity contribution in [2.75, 3.05) is 0 Å². The van der Waals surface area contributed by atoms with Gasteiger partial charge in [-0.3, -0.25) is 0 Å². The van der Waals surface area contributed by atoms with Crippen molar-refractivity contribution in [3.63, 3.8) is 0 Å². The van der Waals surface area contributed by atoms with Crippen molar-refractivity contribution in [1.29, 1.82) is 0 Å². The topological polar surface area (TPSA) is 0 Å². The van der Waals surface area contributed by atoms with E-state index in [-0.39, 0.29) is 4.83 Å². The maximum Gasteiger partial charge on any atom is 0.263 e. The maximum absolute atomic E-state index is 14.2. The molecule has 3 heteroatoms.